The van der Waals surface area contributed by atoms with E-state index in [0.717, 1.165) is 5.56 Å². The van der Waals surface area contributed by atoms with Crippen LogP contribution in [0.1, 0.15) is 31.0 Å². The van der Waals surface area contributed by atoms with E-state index in [1.54, 1.807) is 20.9 Å². The minimum absolute atomic E-state index is 0.189. The van der Waals surface area contributed by atoms with Crippen LogP contribution in [0.5, 0.6) is 0 Å². The molecule has 0 fully saturated rings. The highest BCUT2D eigenvalue weighted by Crippen LogP contribution is 2.33. The number of hydrogen-bond donors (Lipinski definition) is 2. The van der Waals surface area contributed by atoms with Crippen molar-refractivity contribution in [3.8, 4) is 0 Å². The summed E-state index contributed by atoms with van der Waals surface area (Å²) in [6.07, 6.45) is 0. The first kappa shape index (κ1) is 12.7. The molecule has 0 saturated heterocycles. The molecular weight excluding hydrogens is 202 g/mol. The van der Waals surface area contributed by atoms with Gasteiger partial charge < -0.3 is 10.4 Å². The maximum atomic E-state index is 11.2. The average Bonchev–Trinajstić information content (AvgIpc) is 2.21. The molecule has 0 aliphatic rings. The van der Waals surface area contributed by atoms with Gasteiger partial charge in [-0.25, -0.2) is 0 Å². The Hall–Kier alpha value is -1.35. The van der Waals surface area contributed by atoms with Gasteiger partial charge >= 0.3 is 5.97 Å². The Morgan fingerprint density at radius 3 is 2.19 bits per heavy atom. The lowest BCUT2D eigenvalue weighted by Gasteiger charge is -2.30. The number of aryl methyl sites for hydroxylation is 1. The van der Waals surface area contributed by atoms with E-state index < -0.39 is 11.4 Å². The second kappa shape index (κ2) is 4.66. The maximum Gasteiger partial charge on any atom is 0.311 e. The van der Waals surface area contributed by atoms with Gasteiger partial charge in [0.25, 0.3) is 0 Å². The molecule has 1 atom stereocenters. The maximum absolute atomic E-state index is 11.2. The molecule has 3 nitrogen and oxygen atoms in total. The Morgan fingerprint density at radius 1 is 1.31 bits per heavy atom. The highest BCUT2D eigenvalue weighted by Gasteiger charge is 2.36. The smallest absolute Gasteiger partial charge is 0.311 e. The third-order valence-electron chi connectivity index (χ3n) is 2.97. The van der Waals surface area contributed by atoms with E-state index in [9.17, 15) is 9.90 Å². The Labute approximate surface area is 96.5 Å². The topological polar surface area (TPSA) is 49.3 Å². The molecule has 1 rings (SSSR count). The number of carbonyl (C=O) groups is 1. The molecule has 0 bridgehead atoms. The van der Waals surface area contributed by atoms with Crippen LogP contribution in [0.15, 0.2) is 24.3 Å². The van der Waals surface area contributed by atoms with E-state index in [0.29, 0.717) is 0 Å². The lowest BCUT2D eigenvalue weighted by atomic mass is 9.80. The third kappa shape index (κ3) is 2.42. The first-order chi connectivity index (χ1) is 7.39. The zero-order chi connectivity index (χ0) is 12.3. The zero-order valence-corrected chi connectivity index (χ0v) is 10.2. The number of nitrogens with one attached hydrogen (secondary N) is 1. The summed E-state index contributed by atoms with van der Waals surface area (Å²) in [5.41, 5.74) is 1.34. The number of hydrogen-bond acceptors (Lipinski definition) is 2. The molecule has 1 aromatic rings. The summed E-state index contributed by atoms with van der Waals surface area (Å²) in [6, 6.07) is 7.75. The minimum atomic E-state index is -0.829. The van der Waals surface area contributed by atoms with Gasteiger partial charge in [-0.3, -0.25) is 4.79 Å². The van der Waals surface area contributed by atoms with Crippen molar-refractivity contribution >= 4 is 5.97 Å². The van der Waals surface area contributed by atoms with E-state index in [-0.39, 0.29) is 6.04 Å². The predicted molar refractivity (Wildman–Crippen MR) is 64.4 cm³/mol. The van der Waals surface area contributed by atoms with E-state index >= 15 is 0 Å². The molecule has 1 aromatic carbocycles. The van der Waals surface area contributed by atoms with E-state index in [2.05, 4.69) is 5.32 Å². The highest BCUT2D eigenvalue weighted by molar-refractivity contribution is 5.75. The molecule has 1 unspecified atom stereocenters. The fourth-order valence-electron chi connectivity index (χ4n) is 1.83. The van der Waals surface area contributed by atoms with Gasteiger partial charge in [-0.05, 0) is 33.4 Å². The van der Waals surface area contributed by atoms with Crippen molar-refractivity contribution in [1.82, 2.24) is 5.32 Å². The molecule has 0 radical (unpaired) electrons. The second-order valence-corrected chi connectivity index (χ2v) is 4.66. The van der Waals surface area contributed by atoms with Crippen molar-refractivity contribution in [2.45, 2.75) is 26.8 Å². The van der Waals surface area contributed by atoms with E-state index in [1.165, 1.54) is 5.56 Å². The Kier molecular flexibility index (Phi) is 3.70. The monoisotopic (exact) mass is 221 g/mol. The molecule has 0 saturated carbocycles. The van der Waals surface area contributed by atoms with Gasteiger partial charge in [0.1, 0.15) is 0 Å². The van der Waals surface area contributed by atoms with Crippen molar-refractivity contribution in [2.75, 3.05) is 7.05 Å². The van der Waals surface area contributed by atoms with Gasteiger partial charge in [0.05, 0.1) is 5.41 Å². The van der Waals surface area contributed by atoms with Gasteiger partial charge in [-0.1, -0.05) is 29.8 Å². The number of aliphatic carboxylic acids is 1. The van der Waals surface area contributed by atoms with Gasteiger partial charge in [0.15, 0.2) is 0 Å². The first-order valence-corrected chi connectivity index (χ1v) is 5.37. The Morgan fingerprint density at radius 2 is 1.81 bits per heavy atom. The lowest BCUT2D eigenvalue weighted by molar-refractivity contribution is -0.148. The lowest BCUT2D eigenvalue weighted by Crippen LogP contribution is -2.38. The molecule has 0 spiro atoms. The van der Waals surface area contributed by atoms with E-state index in [1.807, 2.05) is 31.2 Å². The normalized spacial score (nSPS) is 13.5. The molecule has 16 heavy (non-hydrogen) atoms. The summed E-state index contributed by atoms with van der Waals surface area (Å²) >= 11 is 0. The third-order valence-corrected chi connectivity index (χ3v) is 2.97. The van der Waals surface area contributed by atoms with Crippen LogP contribution in [0.25, 0.3) is 0 Å². The van der Waals surface area contributed by atoms with Gasteiger partial charge in [0.2, 0.25) is 0 Å². The quantitative estimate of drug-likeness (QED) is 0.820. The fraction of sp³-hybridized carbons (Fsp3) is 0.462. The molecule has 2 N–H and O–H groups in total. The largest absolute Gasteiger partial charge is 0.481 e. The molecule has 0 heterocycles. The predicted octanol–water partition coefficient (Wildman–Crippen LogP) is 2.37. The number of carboxylic acid groups (broad SMARTS) is 1. The van der Waals surface area contributed by atoms with Crippen molar-refractivity contribution in [3.63, 3.8) is 0 Å². The van der Waals surface area contributed by atoms with Crippen LogP contribution in [0, 0.1) is 12.3 Å². The molecular formula is C13H19NO2. The van der Waals surface area contributed by atoms with Crippen molar-refractivity contribution in [3.05, 3.63) is 35.4 Å². The van der Waals surface area contributed by atoms with Crippen LogP contribution in [-0.4, -0.2) is 18.1 Å². The molecule has 3 heteroatoms. The SMILES string of the molecule is CNC(c1ccc(C)cc1)C(C)(C)C(=O)O. The Balaban J connectivity index is 3.07. The fourth-order valence-corrected chi connectivity index (χ4v) is 1.83. The second-order valence-electron chi connectivity index (χ2n) is 4.66. The number of carboxylic acids is 1. The molecule has 88 valence electrons. The summed E-state index contributed by atoms with van der Waals surface area (Å²) < 4.78 is 0. The van der Waals surface area contributed by atoms with Crippen molar-refractivity contribution in [2.24, 2.45) is 5.41 Å². The summed E-state index contributed by atoms with van der Waals surface area (Å²) in [5.74, 6) is -0.799. The summed E-state index contributed by atoms with van der Waals surface area (Å²) in [5, 5.41) is 12.3. The zero-order valence-electron chi connectivity index (χ0n) is 10.2. The highest BCUT2D eigenvalue weighted by atomic mass is 16.4. The summed E-state index contributed by atoms with van der Waals surface area (Å²) in [4.78, 5) is 11.2. The Bertz CT molecular complexity index is 368. The van der Waals surface area contributed by atoms with Gasteiger partial charge in [-0.2, -0.15) is 0 Å². The number of benzene rings is 1. The number of rotatable bonds is 4. The van der Waals surface area contributed by atoms with Crippen LogP contribution >= 0.6 is 0 Å². The minimum Gasteiger partial charge on any atom is -0.481 e. The van der Waals surface area contributed by atoms with Crippen molar-refractivity contribution in [1.29, 1.82) is 0 Å². The molecule has 0 aromatic heterocycles. The standard InChI is InChI=1S/C13H19NO2/c1-9-5-7-10(8-6-9)11(14-4)13(2,3)12(15)16/h5-8,11,14H,1-4H3,(H,15,16). The van der Waals surface area contributed by atoms with Crippen LogP contribution in [0.3, 0.4) is 0 Å². The molecule has 0 aliphatic heterocycles. The van der Waals surface area contributed by atoms with Crippen LogP contribution in [-0.2, 0) is 4.79 Å². The van der Waals surface area contributed by atoms with Crippen LogP contribution < -0.4 is 5.32 Å². The van der Waals surface area contributed by atoms with Crippen LogP contribution in [0.2, 0.25) is 0 Å². The van der Waals surface area contributed by atoms with Crippen molar-refractivity contribution < 1.29 is 9.90 Å². The molecule has 0 aliphatic carbocycles. The van der Waals surface area contributed by atoms with E-state index in [4.69, 9.17) is 0 Å². The first-order valence-electron chi connectivity index (χ1n) is 5.37. The summed E-state index contributed by atoms with van der Waals surface area (Å²) in [7, 11) is 1.79. The average molecular weight is 221 g/mol. The summed E-state index contributed by atoms with van der Waals surface area (Å²) in [6.45, 7) is 5.48. The van der Waals surface area contributed by atoms with Gasteiger partial charge in [-0.15, -0.1) is 0 Å². The van der Waals surface area contributed by atoms with Crippen LogP contribution in [0.4, 0.5) is 0 Å². The molecule has 0 amide bonds. The van der Waals surface area contributed by atoms with Gasteiger partial charge in [0, 0.05) is 6.04 Å².